The van der Waals surface area contributed by atoms with Crippen LogP contribution in [0.25, 0.3) is 0 Å². The molecular formula is C11H21NO. The Balaban J connectivity index is 1.96. The summed E-state index contributed by atoms with van der Waals surface area (Å²) in [6.45, 7) is 6.87. The van der Waals surface area contributed by atoms with E-state index in [1.165, 1.54) is 32.2 Å². The van der Waals surface area contributed by atoms with Crippen LogP contribution in [0.15, 0.2) is 0 Å². The van der Waals surface area contributed by atoms with E-state index in [1.807, 2.05) is 0 Å². The van der Waals surface area contributed by atoms with E-state index in [1.54, 1.807) is 0 Å². The molecule has 0 saturated carbocycles. The fraction of sp³-hybridized carbons (Fsp3) is 1.00. The summed E-state index contributed by atoms with van der Waals surface area (Å²) < 4.78 is 5.78. The quantitative estimate of drug-likeness (QED) is 0.649. The minimum absolute atomic E-state index is 0.546. The molecule has 13 heavy (non-hydrogen) atoms. The van der Waals surface area contributed by atoms with Gasteiger partial charge in [0.2, 0.25) is 0 Å². The van der Waals surface area contributed by atoms with Gasteiger partial charge >= 0.3 is 0 Å². The first-order chi connectivity index (χ1) is 6.29. The number of rotatable bonds is 2. The van der Waals surface area contributed by atoms with E-state index in [9.17, 15) is 0 Å². The van der Waals surface area contributed by atoms with Crippen LogP contribution in [0.1, 0.15) is 39.5 Å². The highest BCUT2D eigenvalue weighted by molar-refractivity contribution is 4.89. The highest BCUT2D eigenvalue weighted by Gasteiger charge is 2.35. The van der Waals surface area contributed by atoms with Crippen LogP contribution in [0.4, 0.5) is 0 Å². The van der Waals surface area contributed by atoms with Gasteiger partial charge in [0.05, 0.1) is 6.10 Å². The molecule has 2 atom stereocenters. The monoisotopic (exact) mass is 183 g/mol. The number of nitrogens with zero attached hydrogens (tertiary/aromatic N) is 1. The predicted molar refractivity (Wildman–Crippen MR) is 53.8 cm³/mol. The lowest BCUT2D eigenvalue weighted by Gasteiger charge is -2.31. The summed E-state index contributed by atoms with van der Waals surface area (Å²) in [4.78, 5) is 2.62. The lowest BCUT2D eigenvalue weighted by molar-refractivity contribution is 0.0308. The second-order valence-electron chi connectivity index (χ2n) is 4.59. The molecule has 0 aromatic carbocycles. The van der Waals surface area contributed by atoms with E-state index in [0.29, 0.717) is 12.1 Å². The minimum Gasteiger partial charge on any atom is -0.377 e. The molecule has 2 nitrogen and oxygen atoms in total. The summed E-state index contributed by atoms with van der Waals surface area (Å²) in [6.07, 6.45) is 5.82. The van der Waals surface area contributed by atoms with Crippen molar-refractivity contribution in [2.24, 2.45) is 0 Å². The number of likely N-dealkylation sites (tertiary alicyclic amines) is 1. The average Bonchev–Trinajstić information content (AvgIpc) is 2.74. The number of hydrogen-bond acceptors (Lipinski definition) is 2. The molecular weight excluding hydrogens is 162 g/mol. The molecule has 2 heterocycles. The molecule has 0 radical (unpaired) electrons. The van der Waals surface area contributed by atoms with E-state index >= 15 is 0 Å². The standard InChI is InChI=1S/C11H21NO/c1-9(2)12-7-3-5-10(12)11-6-4-8-13-11/h9-11H,3-8H2,1-2H3. The summed E-state index contributed by atoms with van der Waals surface area (Å²) >= 11 is 0. The first-order valence-corrected chi connectivity index (χ1v) is 5.66. The van der Waals surface area contributed by atoms with Crippen LogP contribution in [0.3, 0.4) is 0 Å². The summed E-state index contributed by atoms with van der Waals surface area (Å²) in [6, 6.07) is 1.42. The molecule has 76 valence electrons. The van der Waals surface area contributed by atoms with Gasteiger partial charge in [-0.1, -0.05) is 0 Å². The van der Waals surface area contributed by atoms with Crippen LogP contribution >= 0.6 is 0 Å². The molecule has 2 saturated heterocycles. The number of ether oxygens (including phenoxy) is 1. The topological polar surface area (TPSA) is 12.5 Å². The zero-order valence-electron chi connectivity index (χ0n) is 8.83. The van der Waals surface area contributed by atoms with E-state index in [-0.39, 0.29) is 0 Å². The molecule has 0 aromatic heterocycles. The van der Waals surface area contributed by atoms with E-state index < -0.39 is 0 Å². The van der Waals surface area contributed by atoms with Gasteiger partial charge in [0.25, 0.3) is 0 Å². The largest absolute Gasteiger partial charge is 0.377 e. The smallest absolute Gasteiger partial charge is 0.0731 e. The van der Waals surface area contributed by atoms with Gasteiger partial charge < -0.3 is 4.74 Å². The van der Waals surface area contributed by atoms with Gasteiger partial charge in [0, 0.05) is 18.7 Å². The highest BCUT2D eigenvalue weighted by Crippen LogP contribution is 2.28. The first kappa shape index (κ1) is 9.47. The fourth-order valence-corrected chi connectivity index (χ4v) is 2.76. The molecule has 2 heteroatoms. The Labute approximate surface area is 81.3 Å². The van der Waals surface area contributed by atoms with Crippen LogP contribution in [-0.2, 0) is 4.74 Å². The Bertz CT molecular complexity index is 163. The highest BCUT2D eigenvalue weighted by atomic mass is 16.5. The minimum atomic E-state index is 0.546. The normalized spacial score (nSPS) is 36.2. The molecule has 0 aromatic rings. The van der Waals surface area contributed by atoms with Gasteiger partial charge in [0.1, 0.15) is 0 Å². The van der Waals surface area contributed by atoms with Crippen LogP contribution in [-0.4, -0.2) is 36.2 Å². The van der Waals surface area contributed by atoms with Crippen molar-refractivity contribution in [3.05, 3.63) is 0 Å². The van der Waals surface area contributed by atoms with Gasteiger partial charge in [-0.05, 0) is 46.1 Å². The van der Waals surface area contributed by atoms with E-state index in [4.69, 9.17) is 4.74 Å². The Morgan fingerprint density at radius 1 is 1.23 bits per heavy atom. The van der Waals surface area contributed by atoms with Crippen molar-refractivity contribution in [1.82, 2.24) is 4.90 Å². The molecule has 0 amide bonds. The molecule has 0 spiro atoms. The molecule has 0 bridgehead atoms. The third-order valence-corrected chi connectivity index (χ3v) is 3.40. The van der Waals surface area contributed by atoms with Crippen LogP contribution in [0, 0.1) is 0 Å². The molecule has 0 N–H and O–H groups in total. The maximum Gasteiger partial charge on any atom is 0.0731 e. The van der Waals surface area contributed by atoms with Crippen LogP contribution in [0.2, 0.25) is 0 Å². The lowest BCUT2D eigenvalue weighted by atomic mass is 10.0. The summed E-state index contributed by atoms with van der Waals surface area (Å²) in [5.41, 5.74) is 0. The van der Waals surface area contributed by atoms with Crippen molar-refractivity contribution in [1.29, 1.82) is 0 Å². The zero-order chi connectivity index (χ0) is 9.26. The third-order valence-electron chi connectivity index (χ3n) is 3.40. The van der Waals surface area contributed by atoms with Crippen molar-refractivity contribution in [2.75, 3.05) is 13.2 Å². The summed E-state index contributed by atoms with van der Waals surface area (Å²) in [5, 5.41) is 0. The van der Waals surface area contributed by atoms with Gasteiger partial charge in [-0.3, -0.25) is 4.90 Å². The van der Waals surface area contributed by atoms with Gasteiger partial charge in [-0.2, -0.15) is 0 Å². The average molecular weight is 183 g/mol. The molecule has 2 rings (SSSR count). The van der Waals surface area contributed by atoms with Crippen molar-refractivity contribution < 1.29 is 4.74 Å². The Morgan fingerprint density at radius 2 is 2.08 bits per heavy atom. The van der Waals surface area contributed by atoms with Crippen LogP contribution in [0.5, 0.6) is 0 Å². The van der Waals surface area contributed by atoms with Gasteiger partial charge in [-0.15, -0.1) is 0 Å². The molecule has 2 aliphatic rings. The third kappa shape index (κ3) is 1.89. The van der Waals surface area contributed by atoms with E-state index in [2.05, 4.69) is 18.7 Å². The summed E-state index contributed by atoms with van der Waals surface area (Å²) in [5.74, 6) is 0. The molecule has 2 fully saturated rings. The molecule has 0 aliphatic carbocycles. The zero-order valence-corrected chi connectivity index (χ0v) is 8.83. The van der Waals surface area contributed by atoms with Crippen molar-refractivity contribution in [3.63, 3.8) is 0 Å². The van der Waals surface area contributed by atoms with Gasteiger partial charge in [-0.25, -0.2) is 0 Å². The first-order valence-electron chi connectivity index (χ1n) is 5.66. The summed E-state index contributed by atoms with van der Waals surface area (Å²) in [7, 11) is 0. The molecule has 2 unspecified atom stereocenters. The van der Waals surface area contributed by atoms with E-state index in [0.717, 1.165) is 12.6 Å². The second-order valence-corrected chi connectivity index (χ2v) is 4.59. The lowest BCUT2D eigenvalue weighted by Crippen LogP contribution is -2.42. The second kappa shape index (κ2) is 3.97. The SMILES string of the molecule is CC(C)N1CCCC1C1CCCO1. The predicted octanol–water partition coefficient (Wildman–Crippen LogP) is 2.04. The molecule has 2 aliphatic heterocycles. The van der Waals surface area contributed by atoms with Crippen molar-refractivity contribution >= 4 is 0 Å². The Kier molecular flexibility index (Phi) is 2.89. The fourth-order valence-electron chi connectivity index (χ4n) is 2.76. The van der Waals surface area contributed by atoms with Crippen molar-refractivity contribution in [2.45, 2.75) is 57.7 Å². The Morgan fingerprint density at radius 3 is 2.69 bits per heavy atom. The number of hydrogen-bond donors (Lipinski definition) is 0. The Hall–Kier alpha value is -0.0800. The van der Waals surface area contributed by atoms with Crippen LogP contribution < -0.4 is 0 Å². The van der Waals surface area contributed by atoms with Crippen molar-refractivity contribution in [3.8, 4) is 0 Å². The van der Waals surface area contributed by atoms with Gasteiger partial charge in [0.15, 0.2) is 0 Å². The maximum atomic E-state index is 5.78. The maximum absolute atomic E-state index is 5.78.